The van der Waals surface area contributed by atoms with E-state index in [0.29, 0.717) is 51.0 Å². The van der Waals surface area contributed by atoms with Crippen LogP contribution < -0.4 is 15.4 Å². The van der Waals surface area contributed by atoms with Crippen LogP contribution in [0.4, 0.5) is 5.69 Å². The fourth-order valence-electron chi connectivity index (χ4n) is 4.32. The van der Waals surface area contributed by atoms with Gasteiger partial charge in [0.2, 0.25) is 0 Å². The Kier molecular flexibility index (Phi) is 8.67. The van der Waals surface area contributed by atoms with Gasteiger partial charge in [0.05, 0.1) is 34.9 Å². The normalized spacial score (nSPS) is 14.9. The summed E-state index contributed by atoms with van der Waals surface area (Å²) < 4.78 is 5.90. The number of thioether (sulfide) groups is 1. The van der Waals surface area contributed by atoms with Crippen molar-refractivity contribution in [1.82, 2.24) is 5.32 Å². The highest BCUT2D eigenvalue weighted by molar-refractivity contribution is 8.03. The fraction of sp³-hybridized carbons (Fsp3) is 0.194. The number of nitrogens with one attached hydrogen (secondary N) is 2. The number of dihydropyridines is 1. The van der Waals surface area contributed by atoms with Crippen LogP contribution in [0.1, 0.15) is 41.3 Å². The first-order valence-electron chi connectivity index (χ1n) is 12.4. The molecule has 192 valence electrons. The highest BCUT2D eigenvalue weighted by atomic mass is 32.2. The maximum absolute atomic E-state index is 13.6. The second-order valence-corrected chi connectivity index (χ2v) is 9.81. The second kappa shape index (κ2) is 12.3. The molecule has 0 fully saturated rings. The molecule has 1 aliphatic heterocycles. The third-order valence-corrected chi connectivity index (χ3v) is 7.19. The van der Waals surface area contributed by atoms with E-state index in [2.05, 4.69) is 16.7 Å². The Bertz CT molecular complexity index is 1440. The van der Waals surface area contributed by atoms with E-state index in [1.54, 1.807) is 0 Å². The van der Waals surface area contributed by atoms with Crippen molar-refractivity contribution in [2.75, 3.05) is 17.7 Å². The number of rotatable bonds is 9. The quantitative estimate of drug-likeness (QED) is 0.318. The molecule has 1 aliphatic rings. The fourth-order valence-corrected chi connectivity index (χ4v) is 5.31. The number of hydrogen-bond donors (Lipinski definition) is 2. The van der Waals surface area contributed by atoms with E-state index in [-0.39, 0.29) is 17.4 Å². The topological polar surface area (TPSA) is 91.2 Å². The highest BCUT2D eigenvalue weighted by Gasteiger charge is 2.36. The molecule has 0 saturated carbocycles. The maximum atomic E-state index is 13.6. The summed E-state index contributed by atoms with van der Waals surface area (Å²) in [6.45, 7) is 6.11. The Labute approximate surface area is 227 Å². The lowest BCUT2D eigenvalue weighted by Gasteiger charge is -2.30. The number of ether oxygens (including phenoxy) is 1. The lowest BCUT2D eigenvalue weighted by Crippen LogP contribution is -2.31. The minimum atomic E-state index is -0.676. The van der Waals surface area contributed by atoms with Crippen molar-refractivity contribution < 1.29 is 14.3 Å². The lowest BCUT2D eigenvalue weighted by atomic mass is 9.81. The van der Waals surface area contributed by atoms with Crippen molar-refractivity contribution in [1.29, 1.82) is 5.26 Å². The van der Waals surface area contributed by atoms with Crippen molar-refractivity contribution in [3.8, 4) is 11.8 Å². The molecule has 0 spiro atoms. The van der Waals surface area contributed by atoms with Gasteiger partial charge in [-0.15, -0.1) is 0 Å². The number of Topliss-reactive ketones (excluding diaryl/α,β-unsaturated/α-hetero) is 1. The van der Waals surface area contributed by atoms with Gasteiger partial charge in [-0.2, -0.15) is 5.26 Å². The predicted octanol–water partition coefficient (Wildman–Crippen LogP) is 6.34. The molecule has 0 radical (unpaired) electrons. The minimum Gasteiger partial charge on any atom is -0.494 e. The van der Waals surface area contributed by atoms with Gasteiger partial charge in [-0.3, -0.25) is 9.59 Å². The number of aryl methyl sites for hydroxylation is 1. The van der Waals surface area contributed by atoms with Crippen molar-refractivity contribution in [3.05, 3.63) is 117 Å². The molecule has 7 heteroatoms. The van der Waals surface area contributed by atoms with Crippen LogP contribution >= 0.6 is 11.8 Å². The van der Waals surface area contributed by atoms with Gasteiger partial charge in [-0.1, -0.05) is 78.0 Å². The van der Waals surface area contributed by atoms with Crippen LogP contribution in [0, 0.1) is 18.3 Å². The first-order valence-corrected chi connectivity index (χ1v) is 13.3. The zero-order chi connectivity index (χ0) is 27.1. The van der Waals surface area contributed by atoms with Crippen LogP contribution in [0.5, 0.6) is 5.75 Å². The summed E-state index contributed by atoms with van der Waals surface area (Å²) in [5.74, 6) is -0.278. The molecular weight excluding hydrogens is 494 g/mol. The van der Waals surface area contributed by atoms with E-state index in [1.807, 2.05) is 99.6 Å². The lowest BCUT2D eigenvalue weighted by molar-refractivity contribution is -0.113. The molecule has 4 rings (SSSR count). The SMILES string of the molecule is CCOc1ccccc1[C@@H]1C(C#N)=C(SCC(=O)c2ccc(C)cc2)NC(C)=C1C(=O)Nc1ccccc1. The third kappa shape index (κ3) is 5.99. The van der Waals surface area contributed by atoms with Gasteiger partial charge in [0, 0.05) is 28.1 Å². The monoisotopic (exact) mass is 523 g/mol. The number of nitrogens with zero attached hydrogens (tertiary/aromatic N) is 1. The molecule has 0 saturated heterocycles. The number of amides is 1. The van der Waals surface area contributed by atoms with Gasteiger partial charge in [0.25, 0.3) is 5.91 Å². The Morgan fingerprint density at radius 3 is 2.37 bits per heavy atom. The van der Waals surface area contributed by atoms with E-state index >= 15 is 0 Å². The summed E-state index contributed by atoms with van der Waals surface area (Å²) in [5.41, 5.74) is 4.46. The van der Waals surface area contributed by atoms with Gasteiger partial charge in [-0.25, -0.2) is 0 Å². The zero-order valence-corrected chi connectivity index (χ0v) is 22.4. The molecule has 0 unspecified atom stereocenters. The standard InChI is InChI=1S/C31H29N3O3S/c1-4-37-27-13-9-8-12-24(27)29-25(18-32)31(38-19-26(35)22-16-14-20(2)15-17-22)33-21(3)28(29)30(36)34-23-10-6-5-7-11-23/h5-17,29,33H,4,19H2,1-3H3,(H,34,36)/t29-/m1/s1. The average molecular weight is 524 g/mol. The molecule has 3 aromatic rings. The predicted molar refractivity (Wildman–Crippen MR) is 152 cm³/mol. The van der Waals surface area contributed by atoms with Crippen LogP contribution in [-0.2, 0) is 4.79 Å². The van der Waals surface area contributed by atoms with E-state index < -0.39 is 5.92 Å². The van der Waals surface area contributed by atoms with Crippen molar-refractivity contribution in [3.63, 3.8) is 0 Å². The third-order valence-electron chi connectivity index (χ3n) is 6.17. The molecule has 0 bridgehead atoms. The van der Waals surface area contributed by atoms with Crippen LogP contribution in [0.25, 0.3) is 0 Å². The van der Waals surface area contributed by atoms with Gasteiger partial charge in [-0.05, 0) is 39.0 Å². The van der Waals surface area contributed by atoms with Gasteiger partial charge >= 0.3 is 0 Å². The number of benzene rings is 3. The molecular formula is C31H29N3O3S. The molecule has 1 heterocycles. The Morgan fingerprint density at radius 2 is 1.68 bits per heavy atom. The zero-order valence-electron chi connectivity index (χ0n) is 21.6. The van der Waals surface area contributed by atoms with E-state index in [9.17, 15) is 14.9 Å². The molecule has 0 aromatic heterocycles. The Morgan fingerprint density at radius 1 is 1.00 bits per heavy atom. The number of nitriles is 1. The molecule has 1 amide bonds. The van der Waals surface area contributed by atoms with Crippen LogP contribution in [0.15, 0.2) is 101 Å². The Hall–Kier alpha value is -4.28. The molecule has 0 aliphatic carbocycles. The van der Waals surface area contributed by atoms with E-state index in [0.717, 1.165) is 5.56 Å². The summed E-state index contributed by atoms with van der Waals surface area (Å²) in [7, 11) is 0. The molecule has 1 atom stereocenters. The maximum Gasteiger partial charge on any atom is 0.254 e. The molecule has 38 heavy (non-hydrogen) atoms. The van der Waals surface area contributed by atoms with Gasteiger partial charge < -0.3 is 15.4 Å². The first-order chi connectivity index (χ1) is 18.4. The van der Waals surface area contributed by atoms with E-state index in [1.165, 1.54) is 11.8 Å². The minimum absolute atomic E-state index is 0.0397. The Balaban J connectivity index is 1.73. The summed E-state index contributed by atoms with van der Waals surface area (Å²) in [6.07, 6.45) is 0. The summed E-state index contributed by atoms with van der Waals surface area (Å²) >= 11 is 1.27. The number of allylic oxidation sites excluding steroid dienone is 2. The number of anilines is 1. The van der Waals surface area contributed by atoms with Crippen LogP contribution in [-0.4, -0.2) is 24.1 Å². The largest absolute Gasteiger partial charge is 0.494 e. The van der Waals surface area contributed by atoms with Crippen molar-refractivity contribution in [2.24, 2.45) is 0 Å². The van der Waals surface area contributed by atoms with Crippen molar-refractivity contribution >= 4 is 29.1 Å². The van der Waals surface area contributed by atoms with Crippen LogP contribution in [0.2, 0.25) is 0 Å². The van der Waals surface area contributed by atoms with Crippen molar-refractivity contribution in [2.45, 2.75) is 26.7 Å². The molecule has 3 aromatic carbocycles. The number of carbonyl (C=O) groups excluding carboxylic acids is 2. The van der Waals surface area contributed by atoms with Crippen LogP contribution in [0.3, 0.4) is 0 Å². The summed E-state index contributed by atoms with van der Waals surface area (Å²) in [5, 5.41) is 17.1. The number of hydrogen-bond acceptors (Lipinski definition) is 6. The summed E-state index contributed by atoms with van der Waals surface area (Å²) in [4.78, 5) is 26.5. The smallest absolute Gasteiger partial charge is 0.254 e. The number of carbonyl (C=O) groups is 2. The van der Waals surface area contributed by atoms with Gasteiger partial charge in [0.15, 0.2) is 5.78 Å². The van der Waals surface area contributed by atoms with E-state index in [4.69, 9.17) is 4.74 Å². The highest BCUT2D eigenvalue weighted by Crippen LogP contribution is 2.44. The first kappa shape index (κ1) is 26.8. The number of para-hydroxylation sites is 2. The number of ketones is 1. The molecule has 6 nitrogen and oxygen atoms in total. The average Bonchev–Trinajstić information content (AvgIpc) is 2.92. The van der Waals surface area contributed by atoms with Gasteiger partial charge in [0.1, 0.15) is 5.75 Å². The second-order valence-electron chi connectivity index (χ2n) is 8.82. The summed E-state index contributed by atoms with van der Waals surface area (Å²) in [6, 6.07) is 26.4. The molecule has 2 N–H and O–H groups in total.